The highest BCUT2D eigenvalue weighted by Gasteiger charge is 2.23. The molecule has 0 saturated carbocycles. The third kappa shape index (κ3) is 1.18. The number of allylic oxidation sites excluding steroid dienone is 1. The summed E-state index contributed by atoms with van der Waals surface area (Å²) in [7, 11) is 0. The highest BCUT2D eigenvalue weighted by molar-refractivity contribution is 5.80. The second-order valence-electron chi connectivity index (χ2n) is 4.26. The Kier molecular flexibility index (Phi) is 1.87. The minimum absolute atomic E-state index is 0.715. The van der Waals surface area contributed by atoms with Crippen molar-refractivity contribution in [3.63, 3.8) is 0 Å². The number of benzene rings is 1. The predicted octanol–water partition coefficient (Wildman–Crippen LogP) is 3.75. The summed E-state index contributed by atoms with van der Waals surface area (Å²) in [6.07, 6.45) is 5.42. The largest absolute Gasteiger partial charge is 0.341 e. The molecule has 2 nitrogen and oxygen atoms in total. The van der Waals surface area contributed by atoms with Crippen LogP contribution in [0.4, 0.5) is 11.4 Å². The van der Waals surface area contributed by atoms with Gasteiger partial charge in [0.15, 0.2) is 5.69 Å². The van der Waals surface area contributed by atoms with Crippen LogP contribution in [0.5, 0.6) is 0 Å². The summed E-state index contributed by atoms with van der Waals surface area (Å²) in [6.45, 7) is 10.3. The van der Waals surface area contributed by atoms with Crippen LogP contribution in [0.15, 0.2) is 35.5 Å². The summed E-state index contributed by atoms with van der Waals surface area (Å²) in [5.41, 5.74) is 5.90. The average molecular weight is 208 g/mol. The lowest BCUT2D eigenvalue weighted by atomic mass is 10.1. The fourth-order valence-electron chi connectivity index (χ4n) is 2.40. The van der Waals surface area contributed by atoms with Crippen LogP contribution >= 0.6 is 0 Å². The Labute approximate surface area is 95.3 Å². The average Bonchev–Trinajstić information content (AvgIpc) is 2.70. The molecule has 0 radical (unpaired) electrons. The Morgan fingerprint density at radius 2 is 2.19 bits per heavy atom. The number of hydrogen-bond donors (Lipinski definition) is 0. The van der Waals surface area contributed by atoms with Gasteiger partial charge in [-0.25, -0.2) is 4.85 Å². The highest BCUT2D eigenvalue weighted by atomic mass is 15.2. The van der Waals surface area contributed by atoms with Crippen LogP contribution in [0.3, 0.4) is 0 Å². The van der Waals surface area contributed by atoms with E-state index in [1.165, 1.54) is 17.0 Å². The first-order chi connectivity index (χ1) is 7.79. The number of anilines is 1. The fourth-order valence-corrected chi connectivity index (χ4v) is 2.40. The minimum Gasteiger partial charge on any atom is -0.341 e. The number of hydrogen-bond acceptors (Lipinski definition) is 1. The van der Waals surface area contributed by atoms with Gasteiger partial charge in [0.25, 0.3) is 0 Å². The molecule has 78 valence electrons. The van der Waals surface area contributed by atoms with E-state index in [-0.39, 0.29) is 0 Å². The van der Waals surface area contributed by atoms with Crippen molar-refractivity contribution in [3.05, 3.63) is 52.5 Å². The first kappa shape index (κ1) is 9.23. The first-order valence-corrected chi connectivity index (χ1v) is 5.46. The van der Waals surface area contributed by atoms with E-state index in [1.807, 2.05) is 12.1 Å². The summed E-state index contributed by atoms with van der Waals surface area (Å²) in [4.78, 5) is 5.81. The SMILES string of the molecule is [C-]#[N+]c1ccc2c(c1)C=CC1=C(C)CCN12. The van der Waals surface area contributed by atoms with Crippen LogP contribution in [0, 0.1) is 6.57 Å². The monoisotopic (exact) mass is 208 g/mol. The number of rotatable bonds is 0. The van der Waals surface area contributed by atoms with E-state index in [1.54, 1.807) is 0 Å². The minimum atomic E-state index is 0.715. The lowest BCUT2D eigenvalue weighted by Gasteiger charge is -2.26. The molecule has 2 heterocycles. The molecule has 0 unspecified atom stereocenters. The summed E-state index contributed by atoms with van der Waals surface area (Å²) in [5.74, 6) is 0. The highest BCUT2D eigenvalue weighted by Crippen LogP contribution is 2.38. The van der Waals surface area contributed by atoms with Crippen LogP contribution in [0.25, 0.3) is 10.9 Å². The molecule has 0 fully saturated rings. The van der Waals surface area contributed by atoms with Gasteiger partial charge in [-0.2, -0.15) is 0 Å². The molecule has 0 atom stereocenters. The summed E-state index contributed by atoms with van der Waals surface area (Å²) >= 11 is 0. The topological polar surface area (TPSA) is 7.60 Å². The molecule has 1 aromatic rings. The van der Waals surface area contributed by atoms with Crippen LogP contribution in [-0.4, -0.2) is 6.54 Å². The zero-order chi connectivity index (χ0) is 11.1. The van der Waals surface area contributed by atoms with E-state index in [4.69, 9.17) is 6.57 Å². The summed E-state index contributed by atoms with van der Waals surface area (Å²) in [6, 6.07) is 5.92. The predicted molar refractivity (Wildman–Crippen MR) is 66.4 cm³/mol. The molecule has 1 aromatic carbocycles. The Morgan fingerprint density at radius 1 is 1.31 bits per heavy atom. The van der Waals surface area contributed by atoms with Crippen LogP contribution < -0.4 is 4.90 Å². The Morgan fingerprint density at radius 3 is 3.00 bits per heavy atom. The van der Waals surface area contributed by atoms with Crippen molar-refractivity contribution in [2.75, 3.05) is 11.4 Å². The standard InChI is InChI=1S/C14H12N2/c1-10-7-8-16-13(10)5-3-11-9-12(15-2)4-6-14(11)16/h3-6,9H,7-8H2,1H3. The first-order valence-electron chi connectivity index (χ1n) is 5.46. The van der Waals surface area contributed by atoms with Crippen molar-refractivity contribution in [3.8, 4) is 0 Å². The molecule has 0 amide bonds. The zero-order valence-corrected chi connectivity index (χ0v) is 9.20. The van der Waals surface area contributed by atoms with E-state index >= 15 is 0 Å². The number of fused-ring (bicyclic) bond motifs is 3. The zero-order valence-electron chi connectivity index (χ0n) is 9.20. The second kappa shape index (κ2) is 3.24. The molecule has 16 heavy (non-hydrogen) atoms. The second-order valence-corrected chi connectivity index (χ2v) is 4.26. The van der Waals surface area contributed by atoms with E-state index in [0.717, 1.165) is 18.5 Å². The van der Waals surface area contributed by atoms with Crippen molar-refractivity contribution >= 4 is 17.5 Å². The molecule has 0 spiro atoms. The van der Waals surface area contributed by atoms with Gasteiger partial charge in [-0.15, -0.1) is 0 Å². The lowest BCUT2D eigenvalue weighted by Crippen LogP contribution is -2.20. The molecule has 2 heteroatoms. The van der Waals surface area contributed by atoms with Gasteiger partial charge in [-0.05, 0) is 42.7 Å². The van der Waals surface area contributed by atoms with Crippen molar-refractivity contribution < 1.29 is 0 Å². The van der Waals surface area contributed by atoms with Crippen LogP contribution in [0.2, 0.25) is 0 Å². The van der Waals surface area contributed by atoms with Crippen LogP contribution in [0.1, 0.15) is 18.9 Å². The molecule has 0 aromatic heterocycles. The van der Waals surface area contributed by atoms with Gasteiger partial charge in [-0.1, -0.05) is 12.1 Å². The molecular formula is C14H12N2. The van der Waals surface area contributed by atoms with Gasteiger partial charge < -0.3 is 4.90 Å². The van der Waals surface area contributed by atoms with Gasteiger partial charge in [0.1, 0.15) is 0 Å². The van der Waals surface area contributed by atoms with Gasteiger partial charge in [0, 0.05) is 17.9 Å². The molecule has 2 aliphatic rings. The Hall–Kier alpha value is -2.01. The quantitative estimate of drug-likeness (QED) is 0.589. The van der Waals surface area contributed by atoms with Crippen LogP contribution in [-0.2, 0) is 0 Å². The van der Waals surface area contributed by atoms with Crippen molar-refractivity contribution in [1.29, 1.82) is 0 Å². The summed E-state index contributed by atoms with van der Waals surface area (Å²) < 4.78 is 0. The maximum atomic E-state index is 7.02. The normalized spacial score (nSPS) is 17.1. The van der Waals surface area contributed by atoms with Gasteiger partial charge >= 0.3 is 0 Å². The Bertz CT molecular complexity index is 559. The third-order valence-electron chi connectivity index (χ3n) is 3.29. The van der Waals surface area contributed by atoms with E-state index in [9.17, 15) is 0 Å². The van der Waals surface area contributed by atoms with Crippen molar-refractivity contribution in [2.24, 2.45) is 0 Å². The third-order valence-corrected chi connectivity index (χ3v) is 3.29. The fraction of sp³-hybridized carbons (Fsp3) is 0.214. The molecule has 3 rings (SSSR count). The molecule has 0 N–H and O–H groups in total. The Balaban J connectivity index is 2.16. The van der Waals surface area contributed by atoms with E-state index < -0.39 is 0 Å². The van der Waals surface area contributed by atoms with Crippen molar-refractivity contribution in [1.82, 2.24) is 0 Å². The maximum Gasteiger partial charge on any atom is 0.187 e. The molecule has 0 aliphatic carbocycles. The molecule has 2 aliphatic heterocycles. The maximum absolute atomic E-state index is 7.02. The molecular weight excluding hydrogens is 196 g/mol. The van der Waals surface area contributed by atoms with E-state index in [0.29, 0.717) is 5.69 Å². The van der Waals surface area contributed by atoms with E-state index in [2.05, 4.69) is 34.9 Å². The van der Waals surface area contributed by atoms with Gasteiger partial charge in [0.05, 0.1) is 6.57 Å². The smallest absolute Gasteiger partial charge is 0.187 e. The number of nitrogens with zero attached hydrogens (tertiary/aromatic N) is 2. The molecule has 0 bridgehead atoms. The summed E-state index contributed by atoms with van der Waals surface area (Å²) in [5, 5.41) is 0. The van der Waals surface area contributed by atoms with Gasteiger partial charge in [0.2, 0.25) is 0 Å². The van der Waals surface area contributed by atoms with Crippen molar-refractivity contribution in [2.45, 2.75) is 13.3 Å². The lowest BCUT2D eigenvalue weighted by molar-refractivity contribution is 0.963. The molecule has 0 saturated heterocycles. The van der Waals surface area contributed by atoms with Gasteiger partial charge in [-0.3, -0.25) is 0 Å².